The molecule has 2 aromatic rings. The van der Waals surface area contributed by atoms with Crippen molar-refractivity contribution in [1.29, 1.82) is 0 Å². The van der Waals surface area contributed by atoms with Crippen LogP contribution in [0.25, 0.3) is 0 Å². The van der Waals surface area contributed by atoms with Crippen LogP contribution >= 0.6 is 0 Å². The lowest BCUT2D eigenvalue weighted by molar-refractivity contribution is -0.137. The molecule has 0 aliphatic carbocycles. The van der Waals surface area contributed by atoms with Crippen LogP contribution in [0.15, 0.2) is 30.3 Å². The third-order valence-corrected chi connectivity index (χ3v) is 2.63. The Labute approximate surface area is 105 Å². The number of nitrogens with zero attached hydrogens (tertiary/aromatic N) is 2. The number of aliphatic carboxylic acids is 1. The first-order chi connectivity index (χ1) is 8.74. The molecule has 2 N–H and O–H groups in total. The minimum Gasteiger partial charge on any atom is -0.481 e. The average molecular weight is 245 g/mol. The average Bonchev–Trinajstić information content (AvgIpc) is 2.83. The lowest BCUT2D eigenvalue weighted by atomic mass is 10.1. The summed E-state index contributed by atoms with van der Waals surface area (Å²) in [5, 5.41) is 15.4. The molecule has 0 aliphatic rings. The fraction of sp³-hybridized carbons (Fsp3) is 0.308. The van der Waals surface area contributed by atoms with E-state index in [1.807, 2.05) is 18.2 Å². The van der Waals surface area contributed by atoms with Crippen LogP contribution in [0, 0.1) is 0 Å². The van der Waals surface area contributed by atoms with Crippen LogP contribution < -0.4 is 0 Å². The van der Waals surface area contributed by atoms with Crippen LogP contribution in [0.3, 0.4) is 0 Å². The molecule has 0 fully saturated rings. The first-order valence-corrected chi connectivity index (χ1v) is 5.90. The molecule has 5 heteroatoms. The number of H-pyrrole nitrogens is 1. The summed E-state index contributed by atoms with van der Waals surface area (Å²) >= 11 is 0. The first kappa shape index (κ1) is 12.3. The predicted octanol–water partition coefficient (Wildman–Crippen LogP) is 1.61. The molecule has 5 nitrogen and oxygen atoms in total. The van der Waals surface area contributed by atoms with Crippen LogP contribution in [0.4, 0.5) is 0 Å². The number of aryl methyl sites for hydroxylation is 3. The lowest BCUT2D eigenvalue weighted by Crippen LogP contribution is -1.99. The zero-order chi connectivity index (χ0) is 12.8. The largest absolute Gasteiger partial charge is 0.481 e. The Morgan fingerprint density at radius 1 is 1.17 bits per heavy atom. The van der Waals surface area contributed by atoms with Crippen molar-refractivity contribution in [1.82, 2.24) is 15.2 Å². The number of carboxylic acids is 1. The first-order valence-electron chi connectivity index (χ1n) is 5.90. The molecule has 94 valence electrons. The number of rotatable bonds is 6. The standard InChI is InChI=1S/C13H15N3O2/c17-13(18)9-8-12-14-11(15-16-12)7-6-10-4-2-1-3-5-10/h1-5H,6-9H2,(H,17,18)(H,14,15,16). The van der Waals surface area contributed by atoms with E-state index in [-0.39, 0.29) is 6.42 Å². The van der Waals surface area contributed by atoms with Crippen LogP contribution in [-0.2, 0) is 24.1 Å². The number of hydrogen-bond donors (Lipinski definition) is 2. The monoisotopic (exact) mass is 245 g/mol. The van der Waals surface area contributed by atoms with Gasteiger partial charge in [-0.15, -0.1) is 0 Å². The Balaban J connectivity index is 1.85. The van der Waals surface area contributed by atoms with E-state index < -0.39 is 5.97 Å². The molecule has 1 aromatic heterocycles. The van der Waals surface area contributed by atoms with E-state index in [0.29, 0.717) is 12.2 Å². The number of aromatic nitrogens is 3. The van der Waals surface area contributed by atoms with E-state index in [1.165, 1.54) is 5.56 Å². The third-order valence-electron chi connectivity index (χ3n) is 2.63. The SMILES string of the molecule is O=C(O)CCc1nc(CCc2ccccc2)n[nH]1. The highest BCUT2D eigenvalue weighted by Crippen LogP contribution is 2.04. The Morgan fingerprint density at radius 3 is 2.67 bits per heavy atom. The molecule has 0 saturated carbocycles. The Morgan fingerprint density at radius 2 is 1.94 bits per heavy atom. The maximum Gasteiger partial charge on any atom is 0.303 e. The van der Waals surface area contributed by atoms with Crippen molar-refractivity contribution in [2.45, 2.75) is 25.7 Å². The number of carboxylic acid groups (broad SMARTS) is 1. The van der Waals surface area contributed by atoms with Crippen LogP contribution in [0.5, 0.6) is 0 Å². The minimum absolute atomic E-state index is 0.0767. The van der Waals surface area contributed by atoms with Crippen molar-refractivity contribution in [2.75, 3.05) is 0 Å². The van der Waals surface area contributed by atoms with Gasteiger partial charge in [-0.1, -0.05) is 30.3 Å². The summed E-state index contributed by atoms with van der Waals surface area (Å²) in [6.45, 7) is 0. The van der Waals surface area contributed by atoms with E-state index >= 15 is 0 Å². The van der Waals surface area contributed by atoms with Gasteiger partial charge in [0, 0.05) is 12.8 Å². The molecule has 0 aliphatic heterocycles. The summed E-state index contributed by atoms with van der Waals surface area (Å²) in [6.07, 6.45) is 2.12. The van der Waals surface area contributed by atoms with Gasteiger partial charge in [0.15, 0.2) is 5.82 Å². The van der Waals surface area contributed by atoms with Crippen LogP contribution in [0.2, 0.25) is 0 Å². The fourth-order valence-corrected chi connectivity index (χ4v) is 1.68. The maximum atomic E-state index is 10.4. The summed E-state index contributed by atoms with van der Waals surface area (Å²) in [4.78, 5) is 14.7. The Hall–Kier alpha value is -2.17. The Bertz CT molecular complexity index is 508. The highest BCUT2D eigenvalue weighted by atomic mass is 16.4. The van der Waals surface area contributed by atoms with Crippen molar-refractivity contribution < 1.29 is 9.90 Å². The smallest absolute Gasteiger partial charge is 0.303 e. The zero-order valence-corrected chi connectivity index (χ0v) is 9.97. The van der Waals surface area contributed by atoms with Gasteiger partial charge in [0.05, 0.1) is 6.42 Å². The van der Waals surface area contributed by atoms with E-state index in [9.17, 15) is 4.79 Å². The molecule has 1 heterocycles. The van der Waals surface area contributed by atoms with Crippen molar-refractivity contribution in [3.8, 4) is 0 Å². The molecule has 1 aromatic carbocycles. The Kier molecular flexibility index (Phi) is 4.06. The van der Waals surface area contributed by atoms with Gasteiger partial charge in [0.2, 0.25) is 0 Å². The zero-order valence-electron chi connectivity index (χ0n) is 9.97. The molecule has 0 spiro atoms. The molecule has 0 bridgehead atoms. The summed E-state index contributed by atoms with van der Waals surface area (Å²) in [5.41, 5.74) is 1.24. The summed E-state index contributed by atoms with van der Waals surface area (Å²) < 4.78 is 0. The molecular formula is C13H15N3O2. The molecule has 2 rings (SSSR count). The molecule has 0 amide bonds. The maximum absolute atomic E-state index is 10.4. The van der Waals surface area contributed by atoms with Crippen LogP contribution in [0.1, 0.15) is 23.6 Å². The quantitative estimate of drug-likeness (QED) is 0.810. The third kappa shape index (κ3) is 3.69. The van der Waals surface area contributed by atoms with Gasteiger partial charge in [0.25, 0.3) is 0 Å². The lowest BCUT2D eigenvalue weighted by Gasteiger charge is -1.96. The number of hydrogen-bond acceptors (Lipinski definition) is 3. The number of carbonyl (C=O) groups is 1. The van der Waals surface area contributed by atoms with Crippen LogP contribution in [-0.4, -0.2) is 26.3 Å². The van der Waals surface area contributed by atoms with Crippen molar-refractivity contribution in [3.63, 3.8) is 0 Å². The molecule has 0 atom stereocenters. The normalized spacial score (nSPS) is 10.4. The second kappa shape index (κ2) is 5.95. The topological polar surface area (TPSA) is 78.9 Å². The highest BCUT2D eigenvalue weighted by molar-refractivity contribution is 5.66. The second-order valence-corrected chi connectivity index (χ2v) is 4.08. The molecule has 18 heavy (non-hydrogen) atoms. The molecular weight excluding hydrogens is 230 g/mol. The minimum atomic E-state index is -0.822. The summed E-state index contributed by atoms with van der Waals surface area (Å²) in [5.74, 6) is 0.553. The van der Waals surface area contributed by atoms with E-state index in [1.54, 1.807) is 0 Å². The van der Waals surface area contributed by atoms with Gasteiger partial charge >= 0.3 is 5.97 Å². The fourth-order valence-electron chi connectivity index (χ4n) is 1.68. The van der Waals surface area contributed by atoms with Crippen molar-refractivity contribution >= 4 is 5.97 Å². The van der Waals surface area contributed by atoms with Gasteiger partial charge in [-0.2, -0.15) is 5.10 Å². The predicted molar refractivity (Wildman–Crippen MR) is 66.2 cm³/mol. The van der Waals surface area contributed by atoms with Gasteiger partial charge in [-0.3, -0.25) is 9.89 Å². The highest BCUT2D eigenvalue weighted by Gasteiger charge is 2.05. The van der Waals surface area contributed by atoms with Crippen molar-refractivity contribution in [3.05, 3.63) is 47.5 Å². The number of benzene rings is 1. The number of nitrogens with one attached hydrogen (secondary N) is 1. The summed E-state index contributed by atoms with van der Waals surface area (Å²) in [6, 6.07) is 10.1. The molecule has 0 radical (unpaired) electrons. The summed E-state index contributed by atoms with van der Waals surface area (Å²) in [7, 11) is 0. The van der Waals surface area contributed by atoms with E-state index in [0.717, 1.165) is 18.7 Å². The molecule has 0 unspecified atom stereocenters. The van der Waals surface area contributed by atoms with E-state index in [4.69, 9.17) is 5.11 Å². The number of aromatic amines is 1. The van der Waals surface area contributed by atoms with Gasteiger partial charge in [-0.05, 0) is 12.0 Å². The van der Waals surface area contributed by atoms with Crippen molar-refractivity contribution in [2.24, 2.45) is 0 Å². The second-order valence-electron chi connectivity index (χ2n) is 4.08. The van der Waals surface area contributed by atoms with Gasteiger partial charge in [-0.25, -0.2) is 4.98 Å². The van der Waals surface area contributed by atoms with Gasteiger partial charge in [0.1, 0.15) is 5.82 Å². The van der Waals surface area contributed by atoms with Gasteiger partial charge < -0.3 is 5.11 Å². The molecule has 0 saturated heterocycles. The van der Waals surface area contributed by atoms with E-state index in [2.05, 4.69) is 27.3 Å².